The van der Waals surface area contributed by atoms with Gasteiger partial charge in [-0.1, -0.05) is 31.7 Å². The second kappa shape index (κ2) is 4.97. The van der Waals surface area contributed by atoms with Crippen molar-refractivity contribution in [3.63, 3.8) is 0 Å². The fourth-order valence-corrected chi connectivity index (χ4v) is 8.98. The molecule has 6 aliphatic rings. The lowest BCUT2D eigenvalue weighted by Crippen LogP contribution is -2.82. The molecule has 1 aromatic carbocycles. The second-order valence-corrected chi connectivity index (χ2v) is 9.83. The summed E-state index contributed by atoms with van der Waals surface area (Å²) in [6.07, 6.45) is 4.52. The Kier molecular flexibility index (Phi) is 3.05. The highest BCUT2D eigenvalue weighted by Crippen LogP contribution is 2.71. The maximum absolute atomic E-state index is 11.9. The molecular weight excluding hydrogens is 336 g/mol. The van der Waals surface area contributed by atoms with Crippen LogP contribution in [0.1, 0.15) is 31.7 Å². The quantitative estimate of drug-likeness (QED) is 0.636. The second-order valence-electron chi connectivity index (χ2n) is 9.83. The number of rotatable bonds is 3. The van der Waals surface area contributed by atoms with Gasteiger partial charge in [-0.2, -0.15) is 0 Å². The first-order valence-corrected chi connectivity index (χ1v) is 10.7. The van der Waals surface area contributed by atoms with Crippen LogP contribution in [-0.2, 0) is 5.41 Å². The smallest absolute Gasteiger partial charge is 0.194 e. The molecule has 0 amide bonds. The molecule has 4 nitrogen and oxygen atoms in total. The average molecular weight is 368 g/mol. The van der Waals surface area contributed by atoms with E-state index in [2.05, 4.69) is 49.7 Å². The van der Waals surface area contributed by atoms with Gasteiger partial charge < -0.3 is 15.1 Å². The lowest BCUT2D eigenvalue weighted by Gasteiger charge is -2.67. The van der Waals surface area contributed by atoms with Gasteiger partial charge in [-0.15, -0.1) is 0 Å². The number of hydrogen-bond donors (Lipinski definition) is 2. The molecule has 2 N–H and O–H groups in total. The summed E-state index contributed by atoms with van der Waals surface area (Å²) in [6.45, 7) is 7.10. The number of fused-ring (bicyclic) bond motifs is 2. The SMILES string of the molecule is C=CC[N+]12[C@H](O)[C@H](CC)[C@@H]3C[C@@H]1[C@H]1N(C)c4ccccc4[C@]14C[C@H]2[C@@H]3[C@@H]4O. The molecule has 10 atom stereocenters. The average Bonchev–Trinajstić information content (AvgIpc) is 3.06. The van der Waals surface area contributed by atoms with Crippen molar-refractivity contribution in [2.45, 2.75) is 62.1 Å². The number of benzene rings is 1. The van der Waals surface area contributed by atoms with Gasteiger partial charge in [0.25, 0.3) is 0 Å². The van der Waals surface area contributed by atoms with E-state index in [4.69, 9.17) is 0 Å². The summed E-state index contributed by atoms with van der Waals surface area (Å²) in [4.78, 5) is 2.44. The van der Waals surface area contributed by atoms with Gasteiger partial charge in [0, 0.05) is 37.4 Å². The van der Waals surface area contributed by atoms with Crippen LogP contribution in [0.4, 0.5) is 5.69 Å². The summed E-state index contributed by atoms with van der Waals surface area (Å²) < 4.78 is 0.755. The number of quaternary nitrogens is 1. The summed E-state index contributed by atoms with van der Waals surface area (Å²) in [7, 11) is 2.21. The van der Waals surface area contributed by atoms with Crippen molar-refractivity contribution >= 4 is 5.69 Å². The maximum atomic E-state index is 11.9. The van der Waals surface area contributed by atoms with Crippen molar-refractivity contribution in [2.75, 3.05) is 18.5 Å². The third-order valence-corrected chi connectivity index (χ3v) is 9.56. The summed E-state index contributed by atoms with van der Waals surface area (Å²) in [5.41, 5.74) is 2.47. The zero-order valence-corrected chi connectivity index (χ0v) is 16.3. The van der Waals surface area contributed by atoms with Gasteiger partial charge >= 0.3 is 0 Å². The van der Waals surface area contributed by atoms with Crippen LogP contribution < -0.4 is 4.90 Å². The molecule has 144 valence electrons. The maximum Gasteiger partial charge on any atom is 0.194 e. The Bertz CT molecular complexity index is 826. The largest absolute Gasteiger partial charge is 0.392 e. The molecule has 4 heteroatoms. The first kappa shape index (κ1) is 16.6. The predicted molar refractivity (Wildman–Crippen MR) is 105 cm³/mol. The van der Waals surface area contributed by atoms with E-state index in [1.54, 1.807) is 0 Å². The molecule has 1 aliphatic carbocycles. The highest BCUT2D eigenvalue weighted by atomic mass is 16.3. The van der Waals surface area contributed by atoms with Crippen molar-refractivity contribution in [2.24, 2.45) is 17.8 Å². The fraction of sp³-hybridized carbons (Fsp3) is 0.652. The molecular formula is C23H31N2O2+. The number of aliphatic hydroxyl groups excluding tert-OH is 2. The zero-order valence-electron chi connectivity index (χ0n) is 16.3. The predicted octanol–water partition coefficient (Wildman–Crippen LogP) is 2.26. The fourth-order valence-electron chi connectivity index (χ4n) is 8.98. The van der Waals surface area contributed by atoms with Crippen LogP contribution in [0.5, 0.6) is 0 Å². The molecule has 27 heavy (non-hydrogen) atoms. The number of aliphatic hydroxyl groups is 2. The number of likely N-dealkylation sites (N-methyl/N-ethyl adjacent to an activating group) is 1. The number of para-hydroxylation sites is 1. The minimum Gasteiger partial charge on any atom is -0.392 e. The number of anilines is 1. The number of nitrogens with zero attached hydrogens (tertiary/aromatic N) is 2. The third kappa shape index (κ3) is 1.47. The van der Waals surface area contributed by atoms with Crippen LogP contribution in [0.25, 0.3) is 0 Å². The molecule has 4 saturated heterocycles. The van der Waals surface area contributed by atoms with Gasteiger partial charge in [0.15, 0.2) is 6.23 Å². The van der Waals surface area contributed by atoms with Gasteiger partial charge in [0.2, 0.25) is 0 Å². The topological polar surface area (TPSA) is 43.7 Å². The van der Waals surface area contributed by atoms with E-state index in [0.29, 0.717) is 29.8 Å². The molecule has 5 heterocycles. The lowest BCUT2D eigenvalue weighted by atomic mass is 9.60. The van der Waals surface area contributed by atoms with Crippen molar-refractivity contribution in [3.8, 4) is 0 Å². The Morgan fingerprint density at radius 3 is 2.81 bits per heavy atom. The van der Waals surface area contributed by atoms with Crippen LogP contribution >= 0.6 is 0 Å². The summed E-state index contributed by atoms with van der Waals surface area (Å²) in [6, 6.07) is 9.71. The van der Waals surface area contributed by atoms with Crippen LogP contribution in [0.2, 0.25) is 0 Å². The van der Waals surface area contributed by atoms with Gasteiger partial charge in [-0.25, -0.2) is 0 Å². The first-order valence-electron chi connectivity index (χ1n) is 10.7. The Morgan fingerprint density at radius 2 is 2.07 bits per heavy atom. The summed E-state index contributed by atoms with van der Waals surface area (Å²) >= 11 is 0. The first-order chi connectivity index (χ1) is 13.0. The van der Waals surface area contributed by atoms with Crippen molar-refractivity contribution in [1.29, 1.82) is 0 Å². The Morgan fingerprint density at radius 1 is 1.30 bits per heavy atom. The Balaban J connectivity index is 1.63. The molecule has 1 saturated carbocycles. The lowest BCUT2D eigenvalue weighted by molar-refractivity contribution is -1.03. The minimum atomic E-state index is -0.321. The van der Waals surface area contributed by atoms with E-state index in [0.717, 1.165) is 30.3 Å². The van der Waals surface area contributed by atoms with Crippen molar-refractivity contribution in [3.05, 3.63) is 42.5 Å². The summed E-state index contributed by atoms with van der Waals surface area (Å²) in [5, 5.41) is 23.5. The van der Waals surface area contributed by atoms with Crippen molar-refractivity contribution < 1.29 is 14.7 Å². The molecule has 1 spiro atoms. The van der Waals surface area contributed by atoms with Crippen molar-refractivity contribution in [1.82, 2.24) is 0 Å². The molecule has 1 unspecified atom stereocenters. The Hall–Kier alpha value is -1.36. The van der Waals surface area contributed by atoms with E-state index in [1.807, 2.05) is 6.08 Å². The van der Waals surface area contributed by atoms with Gasteiger partial charge in [0.1, 0.15) is 6.04 Å². The Labute approximate surface area is 161 Å². The molecule has 1 aromatic rings. The van der Waals surface area contributed by atoms with Crippen LogP contribution in [0.3, 0.4) is 0 Å². The standard InChI is InChI=1S/C23H31N2O2/c1-4-10-25-17-11-14(13(5-2)22(25)27)19-18(25)12-23(21(19)26)15-8-6-7-9-16(15)24(3)20(17)23/h4,6-9,13-14,17-22,26-27H,1,5,10-12H2,2-3H3/q+1/t13-,14+,17-,18+,19-,20-,21+,22-,23-,25?/m1/s1. The summed E-state index contributed by atoms with van der Waals surface area (Å²) in [5.74, 6) is 1.05. The molecule has 5 fully saturated rings. The van der Waals surface area contributed by atoms with Gasteiger partial charge in [-0.3, -0.25) is 4.48 Å². The highest BCUT2D eigenvalue weighted by Gasteiger charge is 2.82. The minimum absolute atomic E-state index is 0.161. The highest BCUT2D eigenvalue weighted by molar-refractivity contribution is 5.66. The number of piperidine rings is 4. The zero-order chi connectivity index (χ0) is 18.7. The molecule has 5 aliphatic heterocycles. The normalized spacial score (nSPS) is 53.6. The van der Waals surface area contributed by atoms with Crippen LogP contribution in [0.15, 0.2) is 36.9 Å². The van der Waals surface area contributed by atoms with Crippen LogP contribution in [0, 0.1) is 17.8 Å². The van der Waals surface area contributed by atoms with E-state index >= 15 is 0 Å². The van der Waals surface area contributed by atoms with Gasteiger partial charge in [0.05, 0.1) is 30.1 Å². The van der Waals surface area contributed by atoms with Crippen LogP contribution in [-0.4, -0.2) is 58.7 Å². The van der Waals surface area contributed by atoms with Gasteiger partial charge in [-0.05, 0) is 30.0 Å². The third-order valence-electron chi connectivity index (χ3n) is 9.56. The van der Waals surface area contributed by atoms with E-state index in [1.165, 1.54) is 11.3 Å². The molecule has 7 rings (SSSR count). The van der Waals surface area contributed by atoms with E-state index in [-0.39, 0.29) is 23.8 Å². The number of hydrogen-bond acceptors (Lipinski definition) is 3. The molecule has 0 aromatic heterocycles. The van der Waals surface area contributed by atoms with E-state index < -0.39 is 0 Å². The molecule has 0 radical (unpaired) electrons. The van der Waals surface area contributed by atoms with E-state index in [9.17, 15) is 10.2 Å². The monoisotopic (exact) mass is 367 g/mol. The molecule has 5 bridgehead atoms.